The molecule has 0 bridgehead atoms. The molecule has 2 rings (SSSR count). The van der Waals surface area contributed by atoms with Crippen LogP contribution in [0.2, 0.25) is 0 Å². The number of nitro groups is 1. The van der Waals surface area contributed by atoms with Gasteiger partial charge in [-0.05, 0) is 24.6 Å². The number of nitrogens with zero attached hydrogens (tertiary/aromatic N) is 1. The summed E-state index contributed by atoms with van der Waals surface area (Å²) < 4.78 is 5.14. The molecule has 5 nitrogen and oxygen atoms in total. The van der Waals surface area contributed by atoms with Crippen LogP contribution in [0.15, 0.2) is 48.5 Å². The SMILES string of the molecule is Cc1ccccc1C(=O)OCc1ccccc1[N+](=O)[O-]. The summed E-state index contributed by atoms with van der Waals surface area (Å²) >= 11 is 0. The Morgan fingerprint density at radius 2 is 1.80 bits per heavy atom. The quantitative estimate of drug-likeness (QED) is 0.486. The first-order valence-electron chi connectivity index (χ1n) is 6.04. The third kappa shape index (κ3) is 3.00. The Kier molecular flexibility index (Phi) is 4.10. The van der Waals surface area contributed by atoms with E-state index in [9.17, 15) is 14.9 Å². The number of nitro benzene ring substituents is 1. The first-order valence-corrected chi connectivity index (χ1v) is 6.04. The van der Waals surface area contributed by atoms with E-state index in [0.717, 1.165) is 5.56 Å². The van der Waals surface area contributed by atoms with E-state index in [4.69, 9.17) is 4.74 Å². The summed E-state index contributed by atoms with van der Waals surface area (Å²) in [6, 6.07) is 13.2. The minimum Gasteiger partial charge on any atom is -0.457 e. The number of carbonyl (C=O) groups excluding carboxylic acids is 1. The van der Waals surface area contributed by atoms with Gasteiger partial charge in [-0.2, -0.15) is 0 Å². The lowest BCUT2D eigenvalue weighted by Gasteiger charge is -2.07. The molecule has 2 aromatic rings. The molecule has 5 heteroatoms. The Bertz CT molecular complexity index is 652. The van der Waals surface area contributed by atoms with Crippen molar-refractivity contribution in [2.75, 3.05) is 0 Å². The first kappa shape index (κ1) is 13.7. The van der Waals surface area contributed by atoms with Crippen LogP contribution in [0.3, 0.4) is 0 Å². The van der Waals surface area contributed by atoms with Crippen molar-refractivity contribution in [3.63, 3.8) is 0 Å². The molecule has 102 valence electrons. The predicted octanol–water partition coefficient (Wildman–Crippen LogP) is 3.26. The Morgan fingerprint density at radius 3 is 2.50 bits per heavy atom. The van der Waals surface area contributed by atoms with Crippen molar-refractivity contribution in [2.24, 2.45) is 0 Å². The zero-order valence-electron chi connectivity index (χ0n) is 10.9. The fourth-order valence-corrected chi connectivity index (χ4v) is 1.83. The molecule has 0 amide bonds. The molecule has 0 N–H and O–H groups in total. The smallest absolute Gasteiger partial charge is 0.338 e. The zero-order valence-corrected chi connectivity index (χ0v) is 10.9. The van der Waals surface area contributed by atoms with Gasteiger partial charge in [0.25, 0.3) is 5.69 Å². The maximum atomic E-state index is 11.9. The highest BCUT2D eigenvalue weighted by molar-refractivity contribution is 5.90. The van der Waals surface area contributed by atoms with Gasteiger partial charge in [-0.3, -0.25) is 10.1 Å². The third-order valence-electron chi connectivity index (χ3n) is 2.91. The molecule has 0 atom stereocenters. The Hall–Kier alpha value is -2.69. The molecule has 2 aromatic carbocycles. The molecule has 0 aliphatic heterocycles. The van der Waals surface area contributed by atoms with Crippen LogP contribution >= 0.6 is 0 Å². The number of aryl methyl sites for hydroxylation is 1. The van der Waals surface area contributed by atoms with E-state index in [1.54, 1.807) is 30.3 Å². The highest BCUT2D eigenvalue weighted by Gasteiger charge is 2.15. The minimum absolute atomic E-state index is 0.0508. The average molecular weight is 271 g/mol. The second-order valence-corrected chi connectivity index (χ2v) is 4.28. The summed E-state index contributed by atoms with van der Waals surface area (Å²) in [6.45, 7) is 1.69. The average Bonchev–Trinajstić information content (AvgIpc) is 2.45. The van der Waals surface area contributed by atoms with Gasteiger partial charge in [-0.1, -0.05) is 30.3 Å². The van der Waals surface area contributed by atoms with Gasteiger partial charge in [0.05, 0.1) is 16.1 Å². The molecule has 20 heavy (non-hydrogen) atoms. The molecule has 0 saturated heterocycles. The Balaban J connectivity index is 2.12. The normalized spacial score (nSPS) is 10.1. The number of hydrogen-bond acceptors (Lipinski definition) is 4. The summed E-state index contributed by atoms with van der Waals surface area (Å²) in [6.07, 6.45) is 0. The number of carbonyl (C=O) groups is 1. The predicted molar refractivity (Wildman–Crippen MR) is 73.4 cm³/mol. The third-order valence-corrected chi connectivity index (χ3v) is 2.91. The van der Waals surface area contributed by atoms with Crippen molar-refractivity contribution < 1.29 is 14.5 Å². The second kappa shape index (κ2) is 5.97. The number of ether oxygens (including phenoxy) is 1. The maximum Gasteiger partial charge on any atom is 0.338 e. The highest BCUT2D eigenvalue weighted by Crippen LogP contribution is 2.19. The van der Waals surface area contributed by atoms with Crippen LogP contribution in [0.4, 0.5) is 5.69 Å². The fourth-order valence-electron chi connectivity index (χ4n) is 1.83. The van der Waals surface area contributed by atoms with E-state index in [2.05, 4.69) is 0 Å². The summed E-state index contributed by atoms with van der Waals surface area (Å²) in [5.41, 5.74) is 1.59. The first-order chi connectivity index (χ1) is 9.59. The van der Waals surface area contributed by atoms with Crippen molar-refractivity contribution in [2.45, 2.75) is 13.5 Å². The van der Waals surface area contributed by atoms with Gasteiger partial charge in [-0.25, -0.2) is 4.79 Å². The lowest BCUT2D eigenvalue weighted by atomic mass is 10.1. The molecule has 0 spiro atoms. The number of para-hydroxylation sites is 1. The van der Waals surface area contributed by atoms with Gasteiger partial charge in [0, 0.05) is 6.07 Å². The van der Waals surface area contributed by atoms with Crippen molar-refractivity contribution in [3.05, 3.63) is 75.3 Å². The van der Waals surface area contributed by atoms with E-state index in [0.29, 0.717) is 11.1 Å². The standard InChI is InChI=1S/C15H13NO4/c1-11-6-2-4-8-13(11)15(17)20-10-12-7-3-5-9-14(12)16(18)19/h2-9H,10H2,1H3. The van der Waals surface area contributed by atoms with Gasteiger partial charge in [0.15, 0.2) is 0 Å². The van der Waals surface area contributed by atoms with E-state index < -0.39 is 10.9 Å². The molecule has 0 aromatic heterocycles. The van der Waals surface area contributed by atoms with Gasteiger partial charge in [0.2, 0.25) is 0 Å². The summed E-state index contributed by atoms with van der Waals surface area (Å²) in [5.74, 6) is -0.485. The maximum absolute atomic E-state index is 11.9. The lowest BCUT2D eigenvalue weighted by molar-refractivity contribution is -0.385. The number of rotatable bonds is 4. The summed E-state index contributed by atoms with van der Waals surface area (Å²) in [4.78, 5) is 22.3. The fraction of sp³-hybridized carbons (Fsp3) is 0.133. The highest BCUT2D eigenvalue weighted by atomic mass is 16.6. The van der Waals surface area contributed by atoms with E-state index in [1.165, 1.54) is 6.07 Å². The zero-order chi connectivity index (χ0) is 14.5. The molecule has 0 fully saturated rings. The topological polar surface area (TPSA) is 69.4 Å². The number of hydrogen-bond donors (Lipinski definition) is 0. The van der Waals surface area contributed by atoms with Gasteiger partial charge >= 0.3 is 5.97 Å². The lowest BCUT2D eigenvalue weighted by Crippen LogP contribution is -2.08. The molecular formula is C15H13NO4. The van der Waals surface area contributed by atoms with E-state index >= 15 is 0 Å². The number of esters is 1. The van der Waals surface area contributed by atoms with Gasteiger partial charge < -0.3 is 4.74 Å². The minimum atomic E-state index is -0.489. The van der Waals surface area contributed by atoms with Crippen molar-refractivity contribution in [1.82, 2.24) is 0 Å². The van der Waals surface area contributed by atoms with Crippen LogP contribution in [0, 0.1) is 17.0 Å². The summed E-state index contributed by atoms with van der Waals surface area (Å²) in [5, 5.41) is 10.9. The van der Waals surface area contributed by atoms with Crippen LogP contribution in [-0.4, -0.2) is 10.9 Å². The molecule has 0 heterocycles. The summed E-state index contributed by atoms with van der Waals surface area (Å²) in [7, 11) is 0. The van der Waals surface area contributed by atoms with Crippen LogP contribution in [-0.2, 0) is 11.3 Å². The molecular weight excluding hydrogens is 258 g/mol. The van der Waals surface area contributed by atoms with Crippen LogP contribution in [0.5, 0.6) is 0 Å². The van der Waals surface area contributed by atoms with E-state index in [-0.39, 0.29) is 12.3 Å². The van der Waals surface area contributed by atoms with Crippen LogP contribution in [0.25, 0.3) is 0 Å². The van der Waals surface area contributed by atoms with Crippen LogP contribution in [0.1, 0.15) is 21.5 Å². The van der Waals surface area contributed by atoms with E-state index in [1.807, 2.05) is 19.1 Å². The Labute approximate surface area is 116 Å². The van der Waals surface area contributed by atoms with Crippen LogP contribution < -0.4 is 0 Å². The van der Waals surface area contributed by atoms with Crippen molar-refractivity contribution in [3.8, 4) is 0 Å². The largest absolute Gasteiger partial charge is 0.457 e. The molecule has 0 unspecified atom stereocenters. The molecule has 0 radical (unpaired) electrons. The Morgan fingerprint density at radius 1 is 1.15 bits per heavy atom. The second-order valence-electron chi connectivity index (χ2n) is 4.28. The monoisotopic (exact) mass is 271 g/mol. The molecule has 0 aliphatic rings. The van der Waals surface area contributed by atoms with Gasteiger partial charge in [-0.15, -0.1) is 0 Å². The molecule has 0 saturated carbocycles. The van der Waals surface area contributed by atoms with Crippen molar-refractivity contribution in [1.29, 1.82) is 0 Å². The molecule has 0 aliphatic carbocycles. The van der Waals surface area contributed by atoms with Gasteiger partial charge in [0.1, 0.15) is 6.61 Å². The van der Waals surface area contributed by atoms with Crippen molar-refractivity contribution >= 4 is 11.7 Å². The number of benzene rings is 2.